The van der Waals surface area contributed by atoms with E-state index in [9.17, 15) is 9.18 Å². The predicted octanol–water partition coefficient (Wildman–Crippen LogP) is 5.66. The third-order valence-corrected chi connectivity index (χ3v) is 7.19. The molecule has 5 nitrogen and oxygen atoms in total. The number of benzene rings is 2. The molecule has 0 saturated carbocycles. The van der Waals surface area contributed by atoms with Gasteiger partial charge in [0.25, 0.3) is 0 Å². The number of morpholine rings is 1. The first-order chi connectivity index (χ1) is 15.8. The summed E-state index contributed by atoms with van der Waals surface area (Å²) in [7, 11) is 1.38. The highest BCUT2D eigenvalue weighted by Gasteiger charge is 2.26. The first-order valence-corrected chi connectivity index (χ1v) is 12.2. The first kappa shape index (κ1) is 24.0. The van der Waals surface area contributed by atoms with Crippen LogP contribution in [0.5, 0.6) is 0 Å². The number of carbonyl (C=O) groups is 1. The molecule has 3 aromatic rings. The van der Waals surface area contributed by atoms with Crippen LogP contribution in [0.15, 0.2) is 30.3 Å². The lowest BCUT2D eigenvalue weighted by molar-refractivity contribution is 0.0394. The Balaban J connectivity index is 1.73. The molecule has 2 heterocycles. The lowest BCUT2D eigenvalue weighted by Gasteiger charge is -2.36. The van der Waals surface area contributed by atoms with Crippen LogP contribution in [0.1, 0.15) is 29.1 Å². The van der Waals surface area contributed by atoms with E-state index in [1.54, 1.807) is 17.4 Å². The van der Waals surface area contributed by atoms with Crippen LogP contribution >= 0.6 is 22.9 Å². The Bertz CT molecular complexity index is 1180. The van der Waals surface area contributed by atoms with Gasteiger partial charge in [-0.05, 0) is 36.8 Å². The maximum atomic E-state index is 14.2. The minimum absolute atomic E-state index is 0.0297. The van der Waals surface area contributed by atoms with Crippen LogP contribution in [-0.4, -0.2) is 51.5 Å². The van der Waals surface area contributed by atoms with Crippen LogP contribution in [0.3, 0.4) is 0 Å². The van der Waals surface area contributed by atoms with Crippen molar-refractivity contribution in [3.05, 3.63) is 51.6 Å². The number of methoxy groups -OCH3 is 1. The van der Waals surface area contributed by atoms with E-state index in [1.165, 1.54) is 13.2 Å². The molecule has 0 bridgehead atoms. The average Bonchev–Trinajstić information content (AvgIpc) is 3.11. The summed E-state index contributed by atoms with van der Waals surface area (Å²) in [6.07, 6.45) is 0.0297. The molecule has 0 unspecified atom stereocenters. The summed E-state index contributed by atoms with van der Waals surface area (Å²) >= 11 is 7.54. The molecule has 1 N–H and O–H groups in total. The minimum atomic E-state index is -0.456. The first-order valence-electron chi connectivity index (χ1n) is 11.0. The Kier molecular flexibility index (Phi) is 7.24. The zero-order valence-corrected chi connectivity index (χ0v) is 20.8. The second kappa shape index (κ2) is 9.97. The Labute approximate surface area is 202 Å². The smallest absolute Gasteiger partial charge is 0.339 e. The van der Waals surface area contributed by atoms with Gasteiger partial charge in [-0.25, -0.2) is 9.18 Å². The molecule has 4 rings (SSSR count). The number of fused-ring (bicyclic) bond motifs is 1. The molecule has 1 atom stereocenters. The van der Waals surface area contributed by atoms with E-state index >= 15 is 0 Å². The number of hydrogen-bond acceptors (Lipinski definition) is 6. The number of rotatable bonds is 6. The van der Waals surface area contributed by atoms with E-state index in [0.29, 0.717) is 31.3 Å². The van der Waals surface area contributed by atoms with Crippen molar-refractivity contribution < 1.29 is 18.7 Å². The molecule has 1 aliphatic rings. The van der Waals surface area contributed by atoms with Crippen molar-refractivity contribution >= 4 is 44.7 Å². The second-order valence-corrected chi connectivity index (χ2v) is 10.2. The SMILES string of the molecule is COC(=O)c1cc(-c2c(C)sc3cc(Cl)c(F)cc23)ccc1N1CCO[C@H](CNC(C)C)C1. The van der Waals surface area contributed by atoms with Gasteiger partial charge >= 0.3 is 5.97 Å². The molecule has 1 aromatic heterocycles. The van der Waals surface area contributed by atoms with Gasteiger partial charge < -0.3 is 19.7 Å². The number of halogens is 2. The molecule has 1 fully saturated rings. The normalized spacial score (nSPS) is 16.6. The van der Waals surface area contributed by atoms with Gasteiger partial charge in [0, 0.05) is 46.2 Å². The van der Waals surface area contributed by atoms with Gasteiger partial charge in [-0.1, -0.05) is 31.5 Å². The summed E-state index contributed by atoms with van der Waals surface area (Å²) in [6.45, 7) is 8.88. The lowest BCUT2D eigenvalue weighted by atomic mass is 9.98. The second-order valence-electron chi connectivity index (χ2n) is 8.52. The monoisotopic (exact) mass is 490 g/mol. The predicted molar refractivity (Wildman–Crippen MR) is 133 cm³/mol. The highest BCUT2D eigenvalue weighted by atomic mass is 35.5. The van der Waals surface area contributed by atoms with Gasteiger partial charge in [0.1, 0.15) is 5.82 Å². The van der Waals surface area contributed by atoms with Crippen molar-refractivity contribution in [1.29, 1.82) is 0 Å². The van der Waals surface area contributed by atoms with Crippen molar-refractivity contribution in [2.75, 3.05) is 38.3 Å². The van der Waals surface area contributed by atoms with Gasteiger partial charge in [0.2, 0.25) is 0 Å². The van der Waals surface area contributed by atoms with Gasteiger partial charge in [-0.15, -0.1) is 11.3 Å². The zero-order valence-electron chi connectivity index (χ0n) is 19.2. The standard InChI is InChI=1S/C25H28ClFN2O3S/c1-14(2)28-12-17-13-29(7-8-32-17)22-6-5-16(9-18(22)25(30)31-4)24-15(3)33-23-11-20(26)21(27)10-19(23)24/h5-6,9-11,14,17,28H,7-8,12-13H2,1-4H3/t17-/m1/s1. The van der Waals surface area contributed by atoms with E-state index in [1.807, 2.05) is 25.1 Å². The van der Waals surface area contributed by atoms with Crippen LogP contribution in [0.25, 0.3) is 21.2 Å². The number of ether oxygens (including phenoxy) is 2. The number of thiophene rings is 1. The average molecular weight is 491 g/mol. The Hall–Kier alpha value is -2.19. The fraction of sp³-hybridized carbons (Fsp3) is 0.400. The van der Waals surface area contributed by atoms with E-state index in [4.69, 9.17) is 21.1 Å². The number of carbonyl (C=O) groups excluding carboxylic acids is 1. The maximum Gasteiger partial charge on any atom is 0.339 e. The van der Waals surface area contributed by atoms with E-state index in [0.717, 1.165) is 38.3 Å². The molecule has 8 heteroatoms. The number of esters is 1. The summed E-state index contributed by atoms with van der Waals surface area (Å²) < 4.78 is 26.2. The molecular formula is C25H28ClFN2O3S. The van der Waals surface area contributed by atoms with Crippen molar-refractivity contribution in [3.63, 3.8) is 0 Å². The Morgan fingerprint density at radius 3 is 2.88 bits per heavy atom. The molecule has 0 aliphatic carbocycles. The quantitative estimate of drug-likeness (QED) is 0.452. The molecule has 0 spiro atoms. The third-order valence-electron chi connectivity index (χ3n) is 5.83. The lowest BCUT2D eigenvalue weighted by Crippen LogP contribution is -2.48. The van der Waals surface area contributed by atoms with E-state index in [-0.39, 0.29) is 11.1 Å². The van der Waals surface area contributed by atoms with E-state index < -0.39 is 11.8 Å². The van der Waals surface area contributed by atoms with E-state index in [2.05, 4.69) is 24.1 Å². The Morgan fingerprint density at radius 2 is 2.15 bits per heavy atom. The molecule has 2 aromatic carbocycles. The highest BCUT2D eigenvalue weighted by Crippen LogP contribution is 2.41. The zero-order chi connectivity index (χ0) is 23.7. The number of anilines is 1. The summed E-state index contributed by atoms with van der Waals surface area (Å²) in [5.41, 5.74) is 3.05. The summed E-state index contributed by atoms with van der Waals surface area (Å²) in [5.74, 6) is -0.857. The topological polar surface area (TPSA) is 50.8 Å². The number of nitrogens with one attached hydrogen (secondary N) is 1. The molecule has 1 aliphatic heterocycles. The fourth-order valence-corrected chi connectivity index (χ4v) is 5.58. The highest BCUT2D eigenvalue weighted by molar-refractivity contribution is 7.19. The van der Waals surface area contributed by atoms with Crippen LogP contribution < -0.4 is 10.2 Å². The van der Waals surface area contributed by atoms with Crippen molar-refractivity contribution in [2.24, 2.45) is 0 Å². The molecule has 0 radical (unpaired) electrons. The molecular weight excluding hydrogens is 463 g/mol. The Morgan fingerprint density at radius 1 is 1.36 bits per heavy atom. The van der Waals surface area contributed by atoms with Gasteiger partial charge in [-0.3, -0.25) is 0 Å². The van der Waals surface area contributed by atoms with Crippen molar-refractivity contribution in [1.82, 2.24) is 5.32 Å². The van der Waals surface area contributed by atoms with Gasteiger partial charge in [0.15, 0.2) is 0 Å². The fourth-order valence-electron chi connectivity index (χ4n) is 4.24. The largest absolute Gasteiger partial charge is 0.465 e. The summed E-state index contributed by atoms with van der Waals surface area (Å²) in [5, 5.41) is 4.31. The third kappa shape index (κ3) is 5.01. The molecule has 0 amide bonds. The summed E-state index contributed by atoms with van der Waals surface area (Å²) in [6, 6.07) is 9.28. The van der Waals surface area contributed by atoms with Gasteiger partial charge in [0.05, 0.1) is 36.1 Å². The summed E-state index contributed by atoms with van der Waals surface area (Å²) in [4.78, 5) is 16.0. The molecule has 176 valence electrons. The van der Waals surface area contributed by atoms with Crippen LogP contribution in [0.4, 0.5) is 10.1 Å². The number of aryl methyl sites for hydroxylation is 1. The van der Waals surface area contributed by atoms with Crippen molar-refractivity contribution in [3.8, 4) is 11.1 Å². The number of hydrogen-bond donors (Lipinski definition) is 1. The van der Waals surface area contributed by atoms with Crippen molar-refractivity contribution in [2.45, 2.75) is 32.9 Å². The van der Waals surface area contributed by atoms with Crippen LogP contribution in [0, 0.1) is 12.7 Å². The minimum Gasteiger partial charge on any atom is -0.465 e. The van der Waals surface area contributed by atoms with Gasteiger partial charge in [-0.2, -0.15) is 0 Å². The van der Waals surface area contributed by atoms with Crippen LogP contribution in [0.2, 0.25) is 5.02 Å². The molecule has 1 saturated heterocycles. The number of nitrogens with zero attached hydrogens (tertiary/aromatic N) is 1. The van der Waals surface area contributed by atoms with Crippen LogP contribution in [-0.2, 0) is 9.47 Å². The maximum absolute atomic E-state index is 14.2. The molecule has 33 heavy (non-hydrogen) atoms.